The van der Waals surface area contributed by atoms with Gasteiger partial charge in [0.2, 0.25) is 0 Å². The van der Waals surface area contributed by atoms with Gasteiger partial charge < -0.3 is 19.5 Å². The molecule has 200 valence electrons. The summed E-state index contributed by atoms with van der Waals surface area (Å²) in [5.74, 6) is 0.574. The fourth-order valence-corrected chi connectivity index (χ4v) is 5.75. The number of ether oxygens (including phenoxy) is 3. The molecule has 0 saturated heterocycles. The topological polar surface area (TPSA) is 73.9 Å². The van der Waals surface area contributed by atoms with Crippen molar-refractivity contribution in [1.29, 1.82) is 0 Å². The lowest BCUT2D eigenvalue weighted by molar-refractivity contribution is -0.140. The molecule has 0 radical (unpaired) electrons. The van der Waals surface area contributed by atoms with Gasteiger partial charge in [-0.15, -0.1) is 0 Å². The molecule has 0 fully saturated rings. The number of methoxy groups -OCH3 is 1. The molecule has 1 N–H and O–H groups in total. The van der Waals surface area contributed by atoms with E-state index in [9.17, 15) is 9.59 Å². The second-order valence-corrected chi connectivity index (χ2v) is 10.6. The highest BCUT2D eigenvalue weighted by molar-refractivity contribution is 9.10. The summed E-state index contributed by atoms with van der Waals surface area (Å²) >= 11 is 3.55. The number of esters is 1. The second kappa shape index (κ2) is 11.9. The Morgan fingerprint density at radius 3 is 2.41 bits per heavy atom. The van der Waals surface area contributed by atoms with E-state index in [0.29, 0.717) is 35.4 Å². The van der Waals surface area contributed by atoms with E-state index in [0.717, 1.165) is 27.0 Å². The summed E-state index contributed by atoms with van der Waals surface area (Å²) in [7, 11) is 1.64. The third kappa shape index (κ3) is 5.93. The lowest BCUT2D eigenvalue weighted by Gasteiger charge is -2.36. The van der Waals surface area contributed by atoms with Crippen LogP contribution >= 0.6 is 15.9 Å². The van der Waals surface area contributed by atoms with Crippen molar-refractivity contribution >= 4 is 27.7 Å². The van der Waals surface area contributed by atoms with Crippen LogP contribution in [-0.4, -0.2) is 32.1 Å². The van der Waals surface area contributed by atoms with Gasteiger partial charge in [-0.1, -0.05) is 58.4 Å². The Morgan fingerprint density at radius 2 is 1.69 bits per heavy atom. The van der Waals surface area contributed by atoms with Crippen LogP contribution in [-0.2, 0) is 14.3 Å². The van der Waals surface area contributed by atoms with Gasteiger partial charge in [0.15, 0.2) is 5.78 Å². The van der Waals surface area contributed by atoms with E-state index >= 15 is 0 Å². The number of benzene rings is 3. The normalized spacial score (nSPS) is 18.8. The highest BCUT2D eigenvalue weighted by atomic mass is 79.9. The quantitative estimate of drug-likeness (QED) is 0.241. The van der Waals surface area contributed by atoms with Crippen molar-refractivity contribution in [3.05, 3.63) is 117 Å². The molecule has 0 unspecified atom stereocenters. The zero-order valence-corrected chi connectivity index (χ0v) is 23.5. The molecule has 2 aliphatic rings. The van der Waals surface area contributed by atoms with E-state index in [2.05, 4.69) is 21.2 Å². The number of allylic oxidation sites excluding steroid dienone is 3. The maximum Gasteiger partial charge on any atom is 0.336 e. The lowest BCUT2D eigenvalue weighted by atomic mass is 9.72. The molecule has 3 aromatic rings. The number of para-hydroxylation sites is 1. The smallest absolute Gasteiger partial charge is 0.336 e. The molecule has 3 aromatic carbocycles. The van der Waals surface area contributed by atoms with Crippen molar-refractivity contribution in [3.8, 4) is 11.5 Å². The van der Waals surface area contributed by atoms with Crippen LogP contribution in [0.25, 0.3) is 0 Å². The van der Waals surface area contributed by atoms with Crippen LogP contribution in [0.5, 0.6) is 11.5 Å². The Morgan fingerprint density at radius 1 is 0.923 bits per heavy atom. The summed E-state index contributed by atoms with van der Waals surface area (Å²) in [6.45, 7) is 2.19. The minimum atomic E-state index is -0.523. The molecule has 39 heavy (non-hydrogen) atoms. The van der Waals surface area contributed by atoms with E-state index in [-0.39, 0.29) is 24.9 Å². The van der Waals surface area contributed by atoms with Crippen LogP contribution in [0.4, 0.5) is 0 Å². The Hall–Kier alpha value is -3.84. The van der Waals surface area contributed by atoms with E-state index in [1.807, 2.05) is 85.8 Å². The number of rotatable bonds is 8. The van der Waals surface area contributed by atoms with Gasteiger partial charge in [0.1, 0.15) is 24.7 Å². The molecule has 0 aromatic heterocycles. The summed E-state index contributed by atoms with van der Waals surface area (Å²) in [6.07, 6.45) is 1.03. The van der Waals surface area contributed by atoms with Gasteiger partial charge in [0, 0.05) is 33.8 Å². The van der Waals surface area contributed by atoms with Gasteiger partial charge in [-0.05, 0) is 66.8 Å². The van der Waals surface area contributed by atoms with Crippen LogP contribution in [0.1, 0.15) is 42.7 Å². The van der Waals surface area contributed by atoms with Gasteiger partial charge in [0.05, 0.1) is 12.7 Å². The number of halogens is 1. The summed E-state index contributed by atoms with van der Waals surface area (Å²) in [6, 6.07) is 25.0. The number of hydrogen-bond donors (Lipinski definition) is 1. The van der Waals surface area contributed by atoms with Gasteiger partial charge in [-0.25, -0.2) is 4.79 Å². The first-order valence-corrected chi connectivity index (χ1v) is 13.7. The number of hydrogen-bond acceptors (Lipinski definition) is 6. The van der Waals surface area contributed by atoms with Crippen LogP contribution < -0.4 is 14.8 Å². The molecule has 1 aliphatic carbocycles. The first-order valence-electron chi connectivity index (χ1n) is 12.9. The first kappa shape index (κ1) is 26.8. The monoisotopic (exact) mass is 587 g/mol. The lowest BCUT2D eigenvalue weighted by Crippen LogP contribution is -2.36. The largest absolute Gasteiger partial charge is 0.497 e. The molecule has 0 spiro atoms. The van der Waals surface area contributed by atoms with Crippen LogP contribution in [0, 0.1) is 0 Å². The Kier molecular flexibility index (Phi) is 8.17. The Balaban J connectivity index is 1.41. The Labute approximate surface area is 236 Å². The summed E-state index contributed by atoms with van der Waals surface area (Å²) in [5.41, 5.74) is 4.58. The standard InChI is InChI=1S/C32H30BrNO5/c1-20-29(32(36)39-16-15-38-26-9-4-3-5-10-26)30(22-7-6-8-24(33)17-22)31-27(34-20)18-23(19-28(31)35)21-11-13-25(37-2)14-12-21/h3-14,17,23,30,34H,15-16,18-19H2,1-2H3/t23-,30+/m0/s1. The molecule has 5 rings (SSSR count). The van der Waals surface area contributed by atoms with Crippen molar-refractivity contribution < 1.29 is 23.8 Å². The molecule has 6 nitrogen and oxygen atoms in total. The van der Waals surface area contributed by atoms with Crippen molar-refractivity contribution in [2.24, 2.45) is 0 Å². The molecular formula is C32H30BrNO5. The van der Waals surface area contributed by atoms with E-state index in [1.54, 1.807) is 7.11 Å². The van der Waals surface area contributed by atoms with Gasteiger partial charge in [0.25, 0.3) is 0 Å². The van der Waals surface area contributed by atoms with E-state index in [1.165, 1.54) is 0 Å². The maximum absolute atomic E-state index is 13.8. The molecule has 7 heteroatoms. The second-order valence-electron chi connectivity index (χ2n) is 9.64. The summed E-state index contributed by atoms with van der Waals surface area (Å²) < 4.78 is 17.5. The van der Waals surface area contributed by atoms with Crippen LogP contribution in [0.15, 0.2) is 106 Å². The molecular weight excluding hydrogens is 558 g/mol. The zero-order valence-electron chi connectivity index (χ0n) is 21.9. The van der Waals surface area contributed by atoms with Crippen LogP contribution in [0.2, 0.25) is 0 Å². The predicted molar refractivity (Wildman–Crippen MR) is 153 cm³/mol. The SMILES string of the molecule is COc1ccc([C@@H]2CC(=O)C3=C(C2)NC(C)=C(C(=O)OCCOc2ccccc2)[C@H]3c2cccc(Br)c2)cc1. The fourth-order valence-electron chi connectivity index (χ4n) is 5.33. The Bertz CT molecular complexity index is 1430. The number of ketones is 1. The van der Waals surface area contributed by atoms with Crippen molar-refractivity contribution in [1.82, 2.24) is 5.32 Å². The minimum Gasteiger partial charge on any atom is -0.497 e. The number of dihydropyridines is 1. The minimum absolute atomic E-state index is 0.0276. The number of Topliss-reactive ketones (excluding diaryl/α,β-unsaturated/α-hetero) is 1. The summed E-state index contributed by atoms with van der Waals surface area (Å²) in [4.78, 5) is 27.2. The van der Waals surface area contributed by atoms with E-state index < -0.39 is 11.9 Å². The molecule has 0 saturated carbocycles. The van der Waals surface area contributed by atoms with Crippen molar-refractivity contribution in [2.45, 2.75) is 31.6 Å². The third-order valence-corrected chi connectivity index (χ3v) is 7.64. The number of nitrogens with one attached hydrogen (secondary N) is 1. The average molecular weight is 588 g/mol. The zero-order chi connectivity index (χ0) is 27.4. The maximum atomic E-state index is 13.8. The number of carbonyl (C=O) groups is 2. The van der Waals surface area contributed by atoms with Crippen LogP contribution in [0.3, 0.4) is 0 Å². The highest BCUT2D eigenvalue weighted by Crippen LogP contribution is 2.46. The van der Waals surface area contributed by atoms with E-state index in [4.69, 9.17) is 14.2 Å². The van der Waals surface area contributed by atoms with Gasteiger partial charge in [-0.3, -0.25) is 4.79 Å². The third-order valence-electron chi connectivity index (χ3n) is 7.15. The molecule has 1 heterocycles. The fraction of sp³-hybridized carbons (Fsp3) is 0.250. The summed E-state index contributed by atoms with van der Waals surface area (Å²) in [5, 5.41) is 3.40. The van der Waals surface area contributed by atoms with Crippen molar-refractivity contribution in [3.63, 3.8) is 0 Å². The van der Waals surface area contributed by atoms with Gasteiger partial charge in [-0.2, -0.15) is 0 Å². The highest BCUT2D eigenvalue weighted by Gasteiger charge is 2.41. The van der Waals surface area contributed by atoms with Crippen molar-refractivity contribution in [2.75, 3.05) is 20.3 Å². The average Bonchev–Trinajstić information content (AvgIpc) is 2.95. The molecule has 0 bridgehead atoms. The predicted octanol–water partition coefficient (Wildman–Crippen LogP) is 6.44. The molecule has 1 aliphatic heterocycles. The molecule has 0 amide bonds. The first-order chi connectivity index (χ1) is 18.9. The molecule has 2 atom stereocenters. The van der Waals surface area contributed by atoms with Gasteiger partial charge >= 0.3 is 5.97 Å². The number of carbonyl (C=O) groups excluding carboxylic acids is 2.